The van der Waals surface area contributed by atoms with Crippen LogP contribution >= 0.6 is 0 Å². The molecule has 0 spiro atoms. The number of ether oxygens (including phenoxy) is 1. The lowest BCUT2D eigenvalue weighted by Gasteiger charge is -2.27. The zero-order chi connectivity index (χ0) is 18.4. The largest absolute Gasteiger partial charge is 0.378 e. The Balaban J connectivity index is 1.63. The average Bonchev–Trinajstić information content (AvgIpc) is 2.67. The van der Waals surface area contributed by atoms with Gasteiger partial charge in [-0.25, -0.2) is 0 Å². The topological polar surface area (TPSA) is 58.6 Å². The van der Waals surface area contributed by atoms with Crippen molar-refractivity contribution in [1.82, 2.24) is 4.90 Å². The third kappa shape index (κ3) is 4.70. The van der Waals surface area contributed by atoms with Gasteiger partial charge in [0.25, 0.3) is 5.91 Å². The third-order valence-corrected chi connectivity index (χ3v) is 4.45. The molecule has 1 heterocycles. The van der Waals surface area contributed by atoms with Gasteiger partial charge in [0, 0.05) is 19.5 Å². The van der Waals surface area contributed by atoms with E-state index in [1.54, 1.807) is 17.0 Å². The molecule has 0 saturated carbocycles. The predicted molar refractivity (Wildman–Crippen MR) is 101 cm³/mol. The summed E-state index contributed by atoms with van der Waals surface area (Å²) >= 11 is 0. The molecule has 0 atom stereocenters. The van der Waals surface area contributed by atoms with Crippen molar-refractivity contribution in [3.63, 3.8) is 0 Å². The number of amides is 2. The number of aryl methyl sites for hydroxylation is 2. The first-order valence-electron chi connectivity index (χ1n) is 8.95. The van der Waals surface area contributed by atoms with E-state index < -0.39 is 0 Å². The molecule has 0 aliphatic carbocycles. The standard InChI is InChI=1S/C21H24N2O3/c1-16-5-4-6-17(15-16)9-10-20(24)22-19-8-3-2-7-18(19)21(25)23-11-13-26-14-12-23/h2-8,15H,9-14H2,1H3,(H,22,24). The number of carbonyl (C=O) groups is 2. The fourth-order valence-corrected chi connectivity index (χ4v) is 3.05. The first-order chi connectivity index (χ1) is 12.6. The monoisotopic (exact) mass is 352 g/mol. The molecule has 0 radical (unpaired) electrons. The zero-order valence-corrected chi connectivity index (χ0v) is 15.0. The number of hydrogen-bond acceptors (Lipinski definition) is 3. The van der Waals surface area contributed by atoms with Gasteiger partial charge in [-0.3, -0.25) is 9.59 Å². The Labute approximate surface area is 154 Å². The van der Waals surface area contributed by atoms with Gasteiger partial charge in [0.15, 0.2) is 0 Å². The van der Waals surface area contributed by atoms with Crippen molar-refractivity contribution in [2.75, 3.05) is 31.6 Å². The second-order valence-electron chi connectivity index (χ2n) is 6.49. The van der Waals surface area contributed by atoms with Crippen LogP contribution in [-0.4, -0.2) is 43.0 Å². The van der Waals surface area contributed by atoms with Crippen molar-refractivity contribution in [3.05, 3.63) is 65.2 Å². The summed E-state index contributed by atoms with van der Waals surface area (Å²) in [6.07, 6.45) is 1.05. The highest BCUT2D eigenvalue weighted by molar-refractivity contribution is 6.03. The minimum absolute atomic E-state index is 0.0668. The van der Waals surface area contributed by atoms with E-state index in [-0.39, 0.29) is 11.8 Å². The molecule has 1 aliphatic heterocycles. The fraction of sp³-hybridized carbons (Fsp3) is 0.333. The molecule has 1 saturated heterocycles. The second kappa shape index (κ2) is 8.63. The molecule has 136 valence electrons. The first-order valence-corrected chi connectivity index (χ1v) is 8.95. The van der Waals surface area contributed by atoms with E-state index in [0.29, 0.717) is 50.4 Å². The Kier molecular flexibility index (Phi) is 6.02. The molecule has 1 aliphatic rings. The number of benzene rings is 2. The summed E-state index contributed by atoms with van der Waals surface area (Å²) in [5.74, 6) is -0.156. The van der Waals surface area contributed by atoms with Crippen molar-refractivity contribution < 1.29 is 14.3 Å². The molecule has 1 fully saturated rings. The van der Waals surface area contributed by atoms with Crippen LogP contribution in [0.5, 0.6) is 0 Å². The molecule has 5 nitrogen and oxygen atoms in total. The van der Waals surface area contributed by atoms with E-state index in [2.05, 4.69) is 11.4 Å². The highest BCUT2D eigenvalue weighted by Crippen LogP contribution is 2.19. The lowest BCUT2D eigenvalue weighted by molar-refractivity contribution is -0.116. The Morgan fingerprint density at radius 1 is 1.08 bits per heavy atom. The molecule has 2 amide bonds. The second-order valence-corrected chi connectivity index (χ2v) is 6.49. The number of rotatable bonds is 5. The van der Waals surface area contributed by atoms with E-state index in [9.17, 15) is 9.59 Å². The Hall–Kier alpha value is -2.66. The van der Waals surface area contributed by atoms with Crippen LogP contribution in [0.15, 0.2) is 48.5 Å². The van der Waals surface area contributed by atoms with Crippen molar-refractivity contribution in [2.45, 2.75) is 19.8 Å². The highest BCUT2D eigenvalue weighted by atomic mass is 16.5. The van der Waals surface area contributed by atoms with Gasteiger partial charge in [0.1, 0.15) is 0 Å². The van der Waals surface area contributed by atoms with Gasteiger partial charge in [-0.05, 0) is 31.0 Å². The molecule has 2 aromatic rings. The molecule has 26 heavy (non-hydrogen) atoms. The summed E-state index contributed by atoms with van der Waals surface area (Å²) in [7, 11) is 0. The molecule has 2 aromatic carbocycles. The van der Waals surface area contributed by atoms with E-state index in [4.69, 9.17) is 4.74 Å². The molecular weight excluding hydrogens is 328 g/mol. The number of para-hydroxylation sites is 1. The Morgan fingerprint density at radius 3 is 2.62 bits per heavy atom. The Bertz CT molecular complexity index is 782. The van der Waals surface area contributed by atoms with Gasteiger partial charge in [0.05, 0.1) is 24.5 Å². The number of morpholine rings is 1. The lowest BCUT2D eigenvalue weighted by Crippen LogP contribution is -2.41. The molecule has 0 unspecified atom stereocenters. The molecule has 1 N–H and O–H groups in total. The minimum Gasteiger partial charge on any atom is -0.378 e. The van der Waals surface area contributed by atoms with Crippen LogP contribution < -0.4 is 5.32 Å². The Morgan fingerprint density at radius 2 is 1.85 bits per heavy atom. The van der Waals surface area contributed by atoms with Gasteiger partial charge >= 0.3 is 0 Å². The first kappa shape index (κ1) is 18.1. The maximum Gasteiger partial charge on any atom is 0.256 e. The van der Waals surface area contributed by atoms with Crippen molar-refractivity contribution >= 4 is 17.5 Å². The quantitative estimate of drug-likeness (QED) is 0.900. The van der Waals surface area contributed by atoms with Crippen LogP contribution in [0.3, 0.4) is 0 Å². The van der Waals surface area contributed by atoms with E-state index in [0.717, 1.165) is 5.56 Å². The zero-order valence-electron chi connectivity index (χ0n) is 15.0. The van der Waals surface area contributed by atoms with Crippen LogP contribution in [0.1, 0.15) is 27.9 Å². The van der Waals surface area contributed by atoms with Crippen LogP contribution in [0.2, 0.25) is 0 Å². The average molecular weight is 352 g/mol. The van der Waals surface area contributed by atoms with Gasteiger partial charge in [-0.2, -0.15) is 0 Å². The van der Waals surface area contributed by atoms with Gasteiger partial charge in [-0.1, -0.05) is 42.0 Å². The lowest BCUT2D eigenvalue weighted by atomic mass is 10.1. The van der Waals surface area contributed by atoms with Gasteiger partial charge < -0.3 is 15.0 Å². The summed E-state index contributed by atoms with van der Waals surface area (Å²) < 4.78 is 5.30. The van der Waals surface area contributed by atoms with Crippen LogP contribution in [-0.2, 0) is 16.0 Å². The summed E-state index contributed by atoms with van der Waals surface area (Å²) in [6.45, 7) is 4.30. The minimum atomic E-state index is -0.0891. The maximum atomic E-state index is 12.7. The molecule has 0 aromatic heterocycles. The summed E-state index contributed by atoms with van der Waals surface area (Å²) in [5, 5.41) is 2.90. The number of nitrogens with one attached hydrogen (secondary N) is 1. The van der Waals surface area contributed by atoms with Crippen molar-refractivity contribution in [3.8, 4) is 0 Å². The molecule has 5 heteroatoms. The third-order valence-electron chi connectivity index (χ3n) is 4.45. The van der Waals surface area contributed by atoms with E-state index in [1.807, 2.05) is 37.3 Å². The molecule has 0 bridgehead atoms. The fourth-order valence-electron chi connectivity index (χ4n) is 3.05. The molecular formula is C21H24N2O3. The molecule has 3 rings (SSSR count). The summed E-state index contributed by atoms with van der Waals surface area (Å²) in [6, 6.07) is 15.3. The van der Waals surface area contributed by atoms with E-state index in [1.165, 1.54) is 5.56 Å². The van der Waals surface area contributed by atoms with Gasteiger partial charge in [-0.15, -0.1) is 0 Å². The number of nitrogens with zero attached hydrogens (tertiary/aromatic N) is 1. The summed E-state index contributed by atoms with van der Waals surface area (Å²) in [5.41, 5.74) is 3.42. The predicted octanol–water partition coefficient (Wildman–Crippen LogP) is 3.04. The van der Waals surface area contributed by atoms with Gasteiger partial charge in [0.2, 0.25) is 5.91 Å². The highest BCUT2D eigenvalue weighted by Gasteiger charge is 2.21. The van der Waals surface area contributed by atoms with Crippen LogP contribution in [0, 0.1) is 6.92 Å². The van der Waals surface area contributed by atoms with Crippen molar-refractivity contribution in [2.24, 2.45) is 0 Å². The normalized spacial score (nSPS) is 14.1. The van der Waals surface area contributed by atoms with Crippen molar-refractivity contribution in [1.29, 1.82) is 0 Å². The number of hydrogen-bond donors (Lipinski definition) is 1. The van der Waals surface area contributed by atoms with Crippen LogP contribution in [0.4, 0.5) is 5.69 Å². The van der Waals surface area contributed by atoms with Crippen LogP contribution in [0.25, 0.3) is 0 Å². The maximum absolute atomic E-state index is 12.7. The number of carbonyl (C=O) groups excluding carboxylic acids is 2. The summed E-state index contributed by atoms with van der Waals surface area (Å²) in [4.78, 5) is 26.9. The van der Waals surface area contributed by atoms with E-state index >= 15 is 0 Å². The SMILES string of the molecule is Cc1cccc(CCC(=O)Nc2ccccc2C(=O)N2CCOCC2)c1. The number of anilines is 1. The smallest absolute Gasteiger partial charge is 0.256 e.